The quantitative estimate of drug-likeness (QED) is 0.865. The molecule has 1 heterocycles. The topological polar surface area (TPSA) is 52.6 Å². The van der Waals surface area contributed by atoms with Gasteiger partial charge in [-0.3, -0.25) is 4.90 Å². The number of carbonyl (C=O) groups is 1. The molecule has 4 heteroatoms. The van der Waals surface area contributed by atoms with Crippen molar-refractivity contribution >= 4 is 5.97 Å². The smallest absolute Gasteiger partial charge is 0.335 e. The number of rotatable bonds is 4. The number of hydrogen-bond acceptors (Lipinski definition) is 3. The highest BCUT2D eigenvalue weighted by Crippen LogP contribution is 2.25. The minimum Gasteiger partial charge on any atom is -0.478 e. The average Bonchev–Trinajstić information content (AvgIpc) is 2.39. The van der Waals surface area contributed by atoms with Gasteiger partial charge in [0.05, 0.1) is 5.56 Å². The lowest BCUT2D eigenvalue weighted by Crippen LogP contribution is -2.47. The number of aromatic carboxylic acids is 1. The Bertz CT molecular complexity index is 434. The van der Waals surface area contributed by atoms with Crippen LogP contribution in [0, 0.1) is 0 Å². The van der Waals surface area contributed by atoms with Gasteiger partial charge in [-0.1, -0.05) is 26.0 Å². The van der Waals surface area contributed by atoms with Crippen LogP contribution in [0.15, 0.2) is 24.3 Å². The fourth-order valence-electron chi connectivity index (χ4n) is 2.58. The van der Waals surface area contributed by atoms with E-state index in [4.69, 9.17) is 5.11 Å². The summed E-state index contributed by atoms with van der Waals surface area (Å²) in [6.07, 6.45) is 0. The third-order valence-corrected chi connectivity index (χ3v) is 3.74. The van der Waals surface area contributed by atoms with Crippen LogP contribution in [0.1, 0.15) is 29.8 Å². The Kier molecular flexibility index (Phi) is 4.22. The molecule has 104 valence electrons. The number of hydrogen-bond donors (Lipinski definition) is 2. The molecule has 1 aromatic carbocycles. The molecule has 19 heavy (non-hydrogen) atoms. The molecule has 1 saturated heterocycles. The first kappa shape index (κ1) is 14.0. The van der Waals surface area contributed by atoms with Crippen molar-refractivity contribution < 1.29 is 9.90 Å². The molecule has 0 bridgehead atoms. The van der Waals surface area contributed by atoms with Crippen LogP contribution in [0.25, 0.3) is 0 Å². The zero-order chi connectivity index (χ0) is 13.9. The molecule has 0 atom stereocenters. The van der Waals surface area contributed by atoms with Crippen molar-refractivity contribution in [1.82, 2.24) is 10.2 Å². The highest BCUT2D eigenvalue weighted by atomic mass is 16.4. The Morgan fingerprint density at radius 1 is 1.26 bits per heavy atom. The van der Waals surface area contributed by atoms with Crippen molar-refractivity contribution in [3.8, 4) is 0 Å². The SMILES string of the molecule is CC(C)(CN1CCNCC1)c1ccc(C(=O)O)cc1. The van der Waals surface area contributed by atoms with E-state index in [9.17, 15) is 4.79 Å². The van der Waals surface area contributed by atoms with Crippen molar-refractivity contribution in [3.63, 3.8) is 0 Å². The number of carboxylic acid groups (broad SMARTS) is 1. The molecule has 0 saturated carbocycles. The number of nitrogens with zero attached hydrogens (tertiary/aromatic N) is 1. The number of nitrogens with one attached hydrogen (secondary N) is 1. The largest absolute Gasteiger partial charge is 0.478 e. The summed E-state index contributed by atoms with van der Waals surface area (Å²) >= 11 is 0. The summed E-state index contributed by atoms with van der Waals surface area (Å²) in [4.78, 5) is 13.3. The Morgan fingerprint density at radius 2 is 1.84 bits per heavy atom. The second-order valence-electron chi connectivity index (χ2n) is 5.79. The Labute approximate surface area is 114 Å². The van der Waals surface area contributed by atoms with Gasteiger partial charge in [-0.05, 0) is 17.7 Å². The van der Waals surface area contributed by atoms with Crippen LogP contribution >= 0.6 is 0 Å². The average molecular weight is 262 g/mol. The predicted molar refractivity (Wildman–Crippen MR) is 75.7 cm³/mol. The van der Waals surface area contributed by atoms with E-state index in [-0.39, 0.29) is 5.41 Å². The van der Waals surface area contributed by atoms with Gasteiger partial charge in [0.15, 0.2) is 0 Å². The summed E-state index contributed by atoms with van der Waals surface area (Å²) in [6.45, 7) is 9.69. The van der Waals surface area contributed by atoms with Crippen molar-refractivity contribution in [2.24, 2.45) is 0 Å². The molecule has 0 unspecified atom stereocenters. The molecule has 2 rings (SSSR count). The van der Waals surface area contributed by atoms with Crippen molar-refractivity contribution in [3.05, 3.63) is 35.4 Å². The number of carboxylic acids is 1. The third-order valence-electron chi connectivity index (χ3n) is 3.74. The number of piperazine rings is 1. The van der Waals surface area contributed by atoms with E-state index in [0.29, 0.717) is 5.56 Å². The molecule has 4 nitrogen and oxygen atoms in total. The lowest BCUT2D eigenvalue weighted by Gasteiger charge is -2.35. The van der Waals surface area contributed by atoms with Crippen LogP contribution in [-0.2, 0) is 5.41 Å². The first-order chi connectivity index (χ1) is 8.99. The van der Waals surface area contributed by atoms with Gasteiger partial charge >= 0.3 is 5.97 Å². The summed E-state index contributed by atoms with van der Waals surface area (Å²) in [7, 11) is 0. The van der Waals surface area contributed by atoms with E-state index in [1.54, 1.807) is 12.1 Å². The van der Waals surface area contributed by atoms with Gasteiger partial charge in [-0.25, -0.2) is 4.79 Å². The Balaban J connectivity index is 2.07. The molecule has 0 radical (unpaired) electrons. The summed E-state index contributed by atoms with van der Waals surface area (Å²) in [6, 6.07) is 7.26. The number of benzene rings is 1. The van der Waals surface area contributed by atoms with Crippen LogP contribution in [-0.4, -0.2) is 48.7 Å². The van der Waals surface area contributed by atoms with E-state index >= 15 is 0 Å². The first-order valence-corrected chi connectivity index (χ1v) is 6.76. The van der Waals surface area contributed by atoms with E-state index in [0.717, 1.165) is 32.7 Å². The summed E-state index contributed by atoms with van der Waals surface area (Å²) < 4.78 is 0. The molecule has 1 aliphatic heterocycles. The van der Waals surface area contributed by atoms with Crippen LogP contribution in [0.3, 0.4) is 0 Å². The van der Waals surface area contributed by atoms with Crippen LogP contribution in [0.5, 0.6) is 0 Å². The van der Waals surface area contributed by atoms with E-state index in [1.807, 2.05) is 12.1 Å². The Morgan fingerprint density at radius 3 is 2.37 bits per heavy atom. The van der Waals surface area contributed by atoms with Crippen molar-refractivity contribution in [1.29, 1.82) is 0 Å². The third kappa shape index (κ3) is 3.55. The summed E-state index contributed by atoms with van der Waals surface area (Å²) in [5.74, 6) is -0.869. The molecule has 0 amide bonds. The summed E-state index contributed by atoms with van der Waals surface area (Å²) in [5, 5.41) is 12.3. The van der Waals surface area contributed by atoms with Crippen LogP contribution < -0.4 is 5.32 Å². The molecule has 2 N–H and O–H groups in total. The fourth-order valence-corrected chi connectivity index (χ4v) is 2.58. The van der Waals surface area contributed by atoms with Gasteiger partial charge in [0.1, 0.15) is 0 Å². The Hall–Kier alpha value is -1.39. The maximum Gasteiger partial charge on any atom is 0.335 e. The van der Waals surface area contributed by atoms with Gasteiger partial charge in [0.25, 0.3) is 0 Å². The minimum absolute atomic E-state index is 0.0361. The predicted octanol–water partition coefficient (Wildman–Crippen LogP) is 1.57. The highest BCUT2D eigenvalue weighted by Gasteiger charge is 2.25. The monoisotopic (exact) mass is 262 g/mol. The summed E-state index contributed by atoms with van der Waals surface area (Å²) in [5.41, 5.74) is 1.58. The standard InChI is InChI=1S/C15H22N2O2/c1-15(2,11-17-9-7-16-8-10-17)13-5-3-12(4-6-13)14(18)19/h3-6,16H,7-11H2,1-2H3,(H,18,19). The lowest BCUT2D eigenvalue weighted by molar-refractivity contribution is 0.0697. The molecular weight excluding hydrogens is 240 g/mol. The maximum absolute atomic E-state index is 10.9. The van der Waals surface area contributed by atoms with Crippen LogP contribution in [0.2, 0.25) is 0 Å². The second kappa shape index (κ2) is 5.72. The van der Waals surface area contributed by atoms with Gasteiger partial charge in [0, 0.05) is 38.1 Å². The zero-order valence-corrected chi connectivity index (χ0v) is 11.6. The van der Waals surface area contributed by atoms with Crippen molar-refractivity contribution in [2.45, 2.75) is 19.3 Å². The van der Waals surface area contributed by atoms with E-state index < -0.39 is 5.97 Å². The fraction of sp³-hybridized carbons (Fsp3) is 0.533. The molecule has 1 fully saturated rings. The minimum atomic E-state index is -0.869. The zero-order valence-electron chi connectivity index (χ0n) is 11.6. The molecule has 0 aromatic heterocycles. The van der Waals surface area contributed by atoms with Gasteiger partial charge in [-0.2, -0.15) is 0 Å². The normalized spacial score (nSPS) is 17.4. The second-order valence-corrected chi connectivity index (χ2v) is 5.79. The van der Waals surface area contributed by atoms with Gasteiger partial charge in [0.2, 0.25) is 0 Å². The van der Waals surface area contributed by atoms with Gasteiger partial charge in [-0.15, -0.1) is 0 Å². The van der Waals surface area contributed by atoms with E-state index in [2.05, 4.69) is 24.1 Å². The first-order valence-electron chi connectivity index (χ1n) is 6.76. The van der Waals surface area contributed by atoms with E-state index in [1.165, 1.54) is 5.56 Å². The van der Waals surface area contributed by atoms with Crippen molar-refractivity contribution in [2.75, 3.05) is 32.7 Å². The maximum atomic E-state index is 10.9. The lowest BCUT2D eigenvalue weighted by atomic mass is 9.83. The molecule has 0 aliphatic carbocycles. The van der Waals surface area contributed by atoms with Crippen LogP contribution in [0.4, 0.5) is 0 Å². The molecule has 0 spiro atoms. The van der Waals surface area contributed by atoms with Gasteiger partial charge < -0.3 is 10.4 Å². The molecular formula is C15H22N2O2. The molecule has 1 aromatic rings. The highest BCUT2D eigenvalue weighted by molar-refractivity contribution is 5.87. The molecule has 1 aliphatic rings.